The Morgan fingerprint density at radius 3 is 2.57 bits per heavy atom. The monoisotopic (exact) mass is 312 g/mol. The summed E-state index contributed by atoms with van der Waals surface area (Å²) in [5, 5.41) is 2.93. The summed E-state index contributed by atoms with van der Waals surface area (Å²) >= 11 is 0. The van der Waals surface area contributed by atoms with Crippen LogP contribution in [0.4, 0.5) is 5.69 Å². The highest BCUT2D eigenvalue weighted by atomic mass is 32.2. The molecule has 1 aromatic carbocycles. The average Bonchev–Trinajstić information content (AvgIpc) is 2.86. The maximum Gasteiger partial charge on any atom is 0.255 e. The predicted octanol–water partition coefficient (Wildman–Crippen LogP) is 0.928. The van der Waals surface area contributed by atoms with E-state index in [0.29, 0.717) is 12.2 Å². The number of amides is 1. The van der Waals surface area contributed by atoms with Crippen molar-refractivity contribution in [3.8, 4) is 5.75 Å². The quantitative estimate of drug-likeness (QED) is 0.814. The molecule has 1 aliphatic rings. The summed E-state index contributed by atoms with van der Waals surface area (Å²) in [6.07, 6.45) is 3.75. The van der Waals surface area contributed by atoms with Gasteiger partial charge in [-0.15, -0.1) is 0 Å². The fourth-order valence-corrected chi connectivity index (χ4v) is 4.02. The van der Waals surface area contributed by atoms with E-state index >= 15 is 0 Å². The van der Waals surface area contributed by atoms with Gasteiger partial charge in [0.2, 0.25) is 0 Å². The van der Waals surface area contributed by atoms with E-state index in [4.69, 9.17) is 10.5 Å². The third-order valence-corrected chi connectivity index (χ3v) is 5.25. The Morgan fingerprint density at radius 2 is 2.00 bits per heavy atom. The van der Waals surface area contributed by atoms with Crippen LogP contribution < -0.4 is 15.8 Å². The lowest BCUT2D eigenvalue weighted by Gasteiger charge is -2.20. The van der Waals surface area contributed by atoms with Crippen LogP contribution in [0.15, 0.2) is 24.3 Å². The van der Waals surface area contributed by atoms with E-state index in [9.17, 15) is 13.2 Å². The molecule has 7 heteroatoms. The van der Waals surface area contributed by atoms with Gasteiger partial charge in [-0.2, -0.15) is 0 Å². The summed E-state index contributed by atoms with van der Waals surface area (Å²) in [6.45, 7) is -0.161. The zero-order valence-corrected chi connectivity index (χ0v) is 12.7. The molecular weight excluding hydrogens is 292 g/mol. The number of carbonyl (C=O) groups is 1. The van der Waals surface area contributed by atoms with E-state index in [0.717, 1.165) is 18.5 Å². The topological polar surface area (TPSA) is 98.5 Å². The normalized spacial score (nSPS) is 22.0. The molecule has 0 saturated heterocycles. The van der Waals surface area contributed by atoms with Crippen LogP contribution in [0.3, 0.4) is 0 Å². The van der Waals surface area contributed by atoms with Crippen molar-refractivity contribution in [2.24, 2.45) is 5.73 Å². The zero-order chi connectivity index (χ0) is 15.5. The molecule has 2 rings (SSSR count). The minimum absolute atomic E-state index is 0.0580. The molecule has 1 aliphatic carbocycles. The van der Waals surface area contributed by atoms with Crippen LogP contribution in [-0.4, -0.2) is 38.5 Å². The van der Waals surface area contributed by atoms with Gasteiger partial charge in [-0.3, -0.25) is 4.79 Å². The third-order valence-electron chi connectivity index (χ3n) is 3.59. The Kier molecular flexibility index (Phi) is 4.72. The Hall–Kier alpha value is -1.76. The number of anilines is 1. The van der Waals surface area contributed by atoms with E-state index < -0.39 is 15.7 Å². The van der Waals surface area contributed by atoms with E-state index in [1.165, 1.54) is 6.26 Å². The van der Waals surface area contributed by atoms with Gasteiger partial charge in [-0.1, -0.05) is 0 Å². The number of nitrogens with one attached hydrogen (secondary N) is 1. The van der Waals surface area contributed by atoms with Crippen molar-refractivity contribution in [1.82, 2.24) is 0 Å². The van der Waals surface area contributed by atoms with Crippen molar-refractivity contribution in [1.29, 1.82) is 0 Å². The van der Waals surface area contributed by atoms with Crippen LogP contribution >= 0.6 is 0 Å². The first-order valence-electron chi connectivity index (χ1n) is 6.83. The molecule has 1 saturated carbocycles. The summed E-state index contributed by atoms with van der Waals surface area (Å²) in [4.78, 5) is 10.6. The van der Waals surface area contributed by atoms with Gasteiger partial charge in [-0.05, 0) is 43.5 Å². The van der Waals surface area contributed by atoms with Gasteiger partial charge in [0.1, 0.15) is 5.75 Å². The van der Waals surface area contributed by atoms with E-state index in [1.54, 1.807) is 24.3 Å². The van der Waals surface area contributed by atoms with Gasteiger partial charge in [-0.25, -0.2) is 8.42 Å². The summed E-state index contributed by atoms with van der Waals surface area (Å²) < 4.78 is 28.6. The average molecular weight is 312 g/mol. The van der Waals surface area contributed by atoms with Crippen molar-refractivity contribution in [2.75, 3.05) is 18.2 Å². The first-order valence-corrected chi connectivity index (χ1v) is 8.78. The maximum atomic E-state index is 11.7. The van der Waals surface area contributed by atoms with Crippen LogP contribution in [0.5, 0.6) is 5.75 Å². The first-order chi connectivity index (χ1) is 9.86. The highest BCUT2D eigenvalue weighted by Crippen LogP contribution is 2.28. The largest absolute Gasteiger partial charge is 0.484 e. The fourth-order valence-electron chi connectivity index (χ4n) is 2.62. The van der Waals surface area contributed by atoms with Crippen molar-refractivity contribution >= 4 is 21.4 Å². The summed E-state index contributed by atoms with van der Waals surface area (Å²) in [5.74, 6) is 0.0181. The van der Waals surface area contributed by atoms with Gasteiger partial charge in [0.25, 0.3) is 5.91 Å². The van der Waals surface area contributed by atoms with Crippen LogP contribution in [0.25, 0.3) is 0 Å². The molecule has 0 heterocycles. The van der Waals surface area contributed by atoms with Crippen molar-refractivity contribution in [3.63, 3.8) is 0 Å². The molecular formula is C14H20N2O4S. The first kappa shape index (κ1) is 15.6. The van der Waals surface area contributed by atoms with Crippen LogP contribution in [0, 0.1) is 0 Å². The number of ether oxygens (including phenoxy) is 1. The number of carbonyl (C=O) groups excluding carboxylic acids is 1. The lowest BCUT2D eigenvalue weighted by Crippen LogP contribution is -2.34. The SMILES string of the molecule is CS(=O)(=O)C1CCCC1Nc1ccc(OCC(N)=O)cc1. The Bertz CT molecular complexity index is 598. The Balaban J connectivity index is 1.98. The Morgan fingerprint density at radius 1 is 1.33 bits per heavy atom. The molecule has 3 N–H and O–H groups in total. The predicted molar refractivity (Wildman–Crippen MR) is 81.0 cm³/mol. The lowest BCUT2D eigenvalue weighted by atomic mass is 10.2. The van der Waals surface area contributed by atoms with Crippen LogP contribution in [0.2, 0.25) is 0 Å². The van der Waals surface area contributed by atoms with Gasteiger partial charge in [0.15, 0.2) is 16.4 Å². The number of benzene rings is 1. The molecule has 116 valence electrons. The molecule has 1 amide bonds. The van der Waals surface area contributed by atoms with Crippen molar-refractivity contribution < 1.29 is 17.9 Å². The molecule has 21 heavy (non-hydrogen) atoms. The molecule has 0 bridgehead atoms. The number of rotatable bonds is 6. The van der Waals surface area contributed by atoms with Crippen LogP contribution in [0.1, 0.15) is 19.3 Å². The van der Waals surface area contributed by atoms with E-state index in [-0.39, 0.29) is 17.9 Å². The fraction of sp³-hybridized carbons (Fsp3) is 0.500. The summed E-state index contributed by atoms with van der Waals surface area (Å²) in [7, 11) is -3.04. The number of hydrogen-bond donors (Lipinski definition) is 2. The van der Waals surface area contributed by atoms with E-state index in [2.05, 4.69) is 5.32 Å². The second-order valence-electron chi connectivity index (χ2n) is 5.33. The molecule has 2 atom stereocenters. The molecule has 0 spiro atoms. The second kappa shape index (κ2) is 6.34. The number of nitrogens with two attached hydrogens (primary N) is 1. The lowest BCUT2D eigenvalue weighted by molar-refractivity contribution is -0.119. The summed E-state index contributed by atoms with van der Waals surface area (Å²) in [5.41, 5.74) is 5.84. The maximum absolute atomic E-state index is 11.7. The third kappa shape index (κ3) is 4.35. The van der Waals surface area contributed by atoms with Gasteiger partial charge >= 0.3 is 0 Å². The van der Waals surface area contributed by atoms with E-state index in [1.807, 2.05) is 0 Å². The summed E-state index contributed by atoms with van der Waals surface area (Å²) in [6, 6.07) is 6.98. The van der Waals surface area contributed by atoms with Gasteiger partial charge in [0, 0.05) is 18.0 Å². The van der Waals surface area contributed by atoms with Gasteiger partial charge in [0.05, 0.1) is 5.25 Å². The number of sulfone groups is 1. The number of primary amides is 1. The molecule has 1 fully saturated rings. The van der Waals surface area contributed by atoms with Gasteiger partial charge < -0.3 is 15.8 Å². The smallest absolute Gasteiger partial charge is 0.255 e. The molecule has 2 unspecified atom stereocenters. The minimum Gasteiger partial charge on any atom is -0.484 e. The molecule has 0 radical (unpaired) electrons. The molecule has 0 aromatic heterocycles. The highest BCUT2D eigenvalue weighted by Gasteiger charge is 2.34. The van der Waals surface area contributed by atoms with Crippen molar-refractivity contribution in [2.45, 2.75) is 30.6 Å². The molecule has 6 nitrogen and oxygen atoms in total. The Labute approximate surface area is 124 Å². The number of hydrogen-bond acceptors (Lipinski definition) is 5. The second-order valence-corrected chi connectivity index (χ2v) is 7.59. The van der Waals surface area contributed by atoms with Crippen molar-refractivity contribution in [3.05, 3.63) is 24.3 Å². The zero-order valence-electron chi connectivity index (χ0n) is 11.9. The molecule has 1 aromatic rings. The highest BCUT2D eigenvalue weighted by molar-refractivity contribution is 7.91. The minimum atomic E-state index is -3.04. The van der Waals surface area contributed by atoms with Crippen LogP contribution in [-0.2, 0) is 14.6 Å². The standard InChI is InChI=1S/C14H20N2O4S/c1-21(18,19)13-4-2-3-12(13)16-10-5-7-11(8-6-10)20-9-14(15)17/h5-8,12-13,16H,2-4,9H2,1H3,(H2,15,17). The molecule has 0 aliphatic heterocycles.